The minimum Gasteiger partial charge on any atom is -0.480 e. The van der Waals surface area contributed by atoms with E-state index in [4.69, 9.17) is 14.4 Å². The predicted molar refractivity (Wildman–Crippen MR) is 108 cm³/mol. The van der Waals surface area contributed by atoms with Crippen molar-refractivity contribution in [3.05, 3.63) is 35.9 Å². The van der Waals surface area contributed by atoms with Crippen molar-refractivity contribution >= 4 is 25.3 Å². The highest BCUT2D eigenvalue weighted by Crippen LogP contribution is 2.47. The zero-order chi connectivity index (χ0) is 21.9. The monoisotopic (exact) mass is 428 g/mol. The Morgan fingerprint density at radius 3 is 2.34 bits per heavy atom. The first-order chi connectivity index (χ1) is 13.6. The van der Waals surface area contributed by atoms with Crippen molar-refractivity contribution in [1.82, 2.24) is 10.6 Å². The molecule has 2 amide bonds. The van der Waals surface area contributed by atoms with E-state index in [2.05, 4.69) is 10.6 Å². The van der Waals surface area contributed by atoms with Gasteiger partial charge in [-0.3, -0.25) is 14.2 Å². The number of hydrogen-bond donors (Lipinski definition) is 3. The van der Waals surface area contributed by atoms with E-state index in [0.717, 1.165) is 5.56 Å². The van der Waals surface area contributed by atoms with Crippen LogP contribution >= 0.6 is 7.37 Å². The molecule has 2 unspecified atom stereocenters. The number of carboxylic acid groups (broad SMARTS) is 1. The molecule has 0 aliphatic heterocycles. The molecule has 1 rings (SSSR count). The Kier molecular flexibility index (Phi) is 10.4. The fourth-order valence-electron chi connectivity index (χ4n) is 2.64. The molecule has 0 saturated heterocycles. The average Bonchev–Trinajstić information content (AvgIpc) is 2.68. The first-order valence-electron chi connectivity index (χ1n) is 9.23. The fraction of sp³-hybridized carbons (Fsp3) is 0.526. The van der Waals surface area contributed by atoms with Gasteiger partial charge in [-0.1, -0.05) is 44.2 Å². The van der Waals surface area contributed by atoms with Gasteiger partial charge in [0.15, 0.2) is 0 Å². The van der Waals surface area contributed by atoms with Crippen molar-refractivity contribution in [2.24, 2.45) is 11.8 Å². The molecular formula is C19H29N2O7P. The number of carbonyl (C=O) groups excluding carboxylic acids is 2. The molecule has 29 heavy (non-hydrogen) atoms. The van der Waals surface area contributed by atoms with Gasteiger partial charge in [-0.2, -0.15) is 0 Å². The molecule has 0 heterocycles. The van der Waals surface area contributed by atoms with Gasteiger partial charge in [0.05, 0.1) is 6.29 Å². The summed E-state index contributed by atoms with van der Waals surface area (Å²) in [5.74, 6) is -2.27. The molecule has 9 nitrogen and oxygen atoms in total. The lowest BCUT2D eigenvalue weighted by molar-refractivity contribution is -0.138. The molecule has 0 spiro atoms. The van der Waals surface area contributed by atoms with Crippen LogP contribution in [0.5, 0.6) is 0 Å². The van der Waals surface area contributed by atoms with Crippen molar-refractivity contribution in [2.45, 2.75) is 26.9 Å². The van der Waals surface area contributed by atoms with Crippen molar-refractivity contribution in [1.29, 1.82) is 0 Å². The summed E-state index contributed by atoms with van der Waals surface area (Å²) in [6.45, 7) is 3.34. The van der Waals surface area contributed by atoms with Crippen LogP contribution in [0.4, 0.5) is 4.79 Å². The van der Waals surface area contributed by atoms with Crippen LogP contribution in [0.3, 0.4) is 0 Å². The molecule has 2 atom stereocenters. The summed E-state index contributed by atoms with van der Waals surface area (Å²) in [7, 11) is -2.13. The third kappa shape index (κ3) is 10.1. The van der Waals surface area contributed by atoms with E-state index in [0.29, 0.717) is 6.42 Å². The number of ether oxygens (including phenoxy) is 1. The number of hydrogen-bond acceptors (Lipinski definition) is 6. The van der Waals surface area contributed by atoms with Crippen LogP contribution in [-0.4, -0.2) is 49.2 Å². The van der Waals surface area contributed by atoms with Gasteiger partial charge in [0.2, 0.25) is 13.3 Å². The van der Waals surface area contributed by atoms with Crippen LogP contribution in [0, 0.1) is 11.8 Å². The highest BCUT2D eigenvalue weighted by Gasteiger charge is 2.32. The van der Waals surface area contributed by atoms with Crippen molar-refractivity contribution in [3.8, 4) is 0 Å². The normalized spacial score (nSPS) is 13.9. The summed E-state index contributed by atoms with van der Waals surface area (Å²) < 4.78 is 23.2. The van der Waals surface area contributed by atoms with E-state index in [1.54, 1.807) is 12.1 Å². The van der Waals surface area contributed by atoms with Gasteiger partial charge in [-0.15, -0.1) is 0 Å². The summed E-state index contributed by atoms with van der Waals surface area (Å²) in [6, 6.07) is 9.09. The second-order valence-corrected chi connectivity index (χ2v) is 9.69. The Morgan fingerprint density at radius 1 is 1.14 bits per heavy atom. The number of aliphatic carboxylic acids is 1. The van der Waals surface area contributed by atoms with E-state index < -0.39 is 37.8 Å². The molecule has 10 heteroatoms. The highest BCUT2D eigenvalue weighted by molar-refractivity contribution is 7.59. The van der Waals surface area contributed by atoms with Crippen LogP contribution in [0.2, 0.25) is 0 Å². The molecule has 0 bridgehead atoms. The molecule has 1 aromatic rings. The number of alkyl carbamates (subject to hydrolysis) is 1. The second kappa shape index (κ2) is 12.2. The maximum atomic E-state index is 13.0. The van der Waals surface area contributed by atoms with E-state index in [1.807, 2.05) is 32.0 Å². The molecule has 162 valence electrons. The summed E-state index contributed by atoms with van der Waals surface area (Å²) in [6.07, 6.45) is -0.761. The van der Waals surface area contributed by atoms with Crippen LogP contribution in [0.15, 0.2) is 30.3 Å². The fourth-order valence-corrected chi connectivity index (χ4v) is 4.40. The summed E-state index contributed by atoms with van der Waals surface area (Å²) in [4.78, 5) is 34.9. The SMILES string of the molecule is COP(=O)(CNC(=O)OCc1ccccc1)CC(CC(C)C)C(=O)NCC(=O)O. The van der Waals surface area contributed by atoms with E-state index >= 15 is 0 Å². The Morgan fingerprint density at radius 2 is 1.79 bits per heavy atom. The maximum Gasteiger partial charge on any atom is 0.407 e. The smallest absolute Gasteiger partial charge is 0.407 e. The quantitative estimate of drug-likeness (QED) is 0.436. The largest absolute Gasteiger partial charge is 0.480 e. The van der Waals surface area contributed by atoms with Gasteiger partial charge in [0, 0.05) is 19.2 Å². The van der Waals surface area contributed by atoms with Gasteiger partial charge in [-0.05, 0) is 17.9 Å². The van der Waals surface area contributed by atoms with Gasteiger partial charge >= 0.3 is 12.1 Å². The Bertz CT molecular complexity index is 725. The number of amides is 2. The third-order valence-corrected chi connectivity index (χ3v) is 6.35. The molecule has 0 aromatic heterocycles. The summed E-state index contributed by atoms with van der Waals surface area (Å²) >= 11 is 0. The standard InChI is InChI=1S/C19H29N2O7P/c1-14(2)9-16(18(24)20-10-17(22)23)12-29(26,27-3)13-21-19(25)28-11-15-7-5-4-6-8-15/h4-8,14,16H,9-13H2,1-3H3,(H,20,24)(H,21,25)(H,22,23). The number of carbonyl (C=O) groups is 3. The minimum absolute atomic E-state index is 0.0670. The number of nitrogens with one attached hydrogen (secondary N) is 2. The molecule has 0 aliphatic carbocycles. The Labute approximate surface area is 170 Å². The first-order valence-corrected chi connectivity index (χ1v) is 11.2. The molecule has 3 N–H and O–H groups in total. The minimum atomic E-state index is -3.38. The lowest BCUT2D eigenvalue weighted by atomic mass is 9.98. The topological polar surface area (TPSA) is 131 Å². The molecular weight excluding hydrogens is 399 g/mol. The number of benzene rings is 1. The molecule has 0 radical (unpaired) electrons. The van der Waals surface area contributed by atoms with E-state index in [1.165, 1.54) is 7.11 Å². The highest BCUT2D eigenvalue weighted by atomic mass is 31.2. The molecule has 0 saturated carbocycles. The van der Waals surface area contributed by atoms with Crippen LogP contribution in [0.1, 0.15) is 25.8 Å². The average molecular weight is 428 g/mol. The first kappa shape index (κ1) is 24.7. The molecule has 0 aliphatic rings. The number of rotatable bonds is 12. The van der Waals surface area contributed by atoms with E-state index in [9.17, 15) is 18.9 Å². The van der Waals surface area contributed by atoms with Crippen LogP contribution in [-0.2, 0) is 30.0 Å². The van der Waals surface area contributed by atoms with E-state index in [-0.39, 0.29) is 25.0 Å². The van der Waals surface area contributed by atoms with Crippen LogP contribution < -0.4 is 10.6 Å². The second-order valence-electron chi connectivity index (χ2n) is 7.01. The van der Waals surface area contributed by atoms with Gasteiger partial charge < -0.3 is 25.0 Å². The zero-order valence-electron chi connectivity index (χ0n) is 16.9. The third-order valence-electron chi connectivity index (χ3n) is 4.05. The summed E-state index contributed by atoms with van der Waals surface area (Å²) in [5, 5.41) is 13.5. The lowest BCUT2D eigenvalue weighted by Crippen LogP contribution is -2.37. The van der Waals surface area contributed by atoms with Crippen molar-refractivity contribution in [2.75, 3.05) is 26.1 Å². The van der Waals surface area contributed by atoms with Gasteiger partial charge in [0.1, 0.15) is 13.2 Å². The van der Waals surface area contributed by atoms with Crippen molar-refractivity contribution in [3.63, 3.8) is 0 Å². The zero-order valence-corrected chi connectivity index (χ0v) is 17.8. The van der Waals surface area contributed by atoms with Gasteiger partial charge in [-0.25, -0.2) is 4.79 Å². The molecule has 0 fully saturated rings. The Hall–Kier alpha value is -2.38. The van der Waals surface area contributed by atoms with Crippen LogP contribution in [0.25, 0.3) is 0 Å². The van der Waals surface area contributed by atoms with Gasteiger partial charge in [0.25, 0.3) is 0 Å². The van der Waals surface area contributed by atoms with Crippen molar-refractivity contribution < 1.29 is 33.3 Å². The maximum absolute atomic E-state index is 13.0. The summed E-state index contributed by atoms with van der Waals surface area (Å²) in [5.41, 5.74) is 0.810. The predicted octanol–water partition coefficient (Wildman–Crippen LogP) is 2.66. The Balaban J connectivity index is 2.64. The molecule has 1 aromatic carbocycles. The number of carboxylic acids is 1. The lowest BCUT2D eigenvalue weighted by Gasteiger charge is -2.23.